The minimum absolute atomic E-state index is 0.129. The minimum atomic E-state index is -0.886. The first kappa shape index (κ1) is 15.3. The summed E-state index contributed by atoms with van der Waals surface area (Å²) in [5, 5.41) is 11.1. The molecule has 5 heteroatoms. The summed E-state index contributed by atoms with van der Waals surface area (Å²) >= 11 is 1.58. The van der Waals surface area contributed by atoms with Gasteiger partial charge >= 0.3 is 11.9 Å². The van der Waals surface area contributed by atoms with Gasteiger partial charge in [0.2, 0.25) is 0 Å². The molecule has 0 radical (unpaired) electrons. The van der Waals surface area contributed by atoms with Gasteiger partial charge in [-0.3, -0.25) is 9.59 Å². The Morgan fingerprint density at radius 1 is 1.33 bits per heavy atom. The minimum Gasteiger partial charge on any atom is -0.481 e. The lowest BCUT2D eigenvalue weighted by atomic mass is 9.94. The Kier molecular flexibility index (Phi) is 4.75. The van der Waals surface area contributed by atoms with E-state index in [1.807, 2.05) is 23.6 Å². The van der Waals surface area contributed by atoms with Crippen molar-refractivity contribution in [1.29, 1.82) is 0 Å². The van der Waals surface area contributed by atoms with Gasteiger partial charge in [-0.25, -0.2) is 0 Å². The summed E-state index contributed by atoms with van der Waals surface area (Å²) in [6.07, 6.45) is 0.129. The first-order chi connectivity index (χ1) is 10.0. The molecule has 0 aliphatic carbocycles. The maximum Gasteiger partial charge on any atom is 0.310 e. The summed E-state index contributed by atoms with van der Waals surface area (Å²) in [6.45, 7) is 1.63. The van der Waals surface area contributed by atoms with E-state index in [0.717, 1.165) is 16.0 Å². The lowest BCUT2D eigenvalue weighted by molar-refractivity contribution is -0.140. The van der Waals surface area contributed by atoms with E-state index in [4.69, 9.17) is 9.84 Å². The summed E-state index contributed by atoms with van der Waals surface area (Å²) in [5.74, 6) is -1.84. The number of ether oxygens (including phenoxy) is 1. The van der Waals surface area contributed by atoms with E-state index in [1.165, 1.54) is 7.11 Å². The molecule has 0 amide bonds. The molecule has 1 atom stereocenters. The van der Waals surface area contributed by atoms with Crippen LogP contribution in [0.2, 0.25) is 0 Å². The molecule has 1 aromatic heterocycles. The van der Waals surface area contributed by atoms with Crippen LogP contribution in [0.1, 0.15) is 24.0 Å². The smallest absolute Gasteiger partial charge is 0.310 e. The zero-order valence-corrected chi connectivity index (χ0v) is 12.6. The summed E-state index contributed by atoms with van der Waals surface area (Å²) in [4.78, 5) is 23.7. The van der Waals surface area contributed by atoms with Crippen molar-refractivity contribution in [2.24, 2.45) is 0 Å². The number of carboxylic acids is 1. The number of carbonyl (C=O) groups is 2. The van der Waals surface area contributed by atoms with Gasteiger partial charge in [0.05, 0.1) is 19.4 Å². The monoisotopic (exact) mass is 304 g/mol. The number of hydrogen-bond donors (Lipinski definition) is 1. The van der Waals surface area contributed by atoms with Gasteiger partial charge in [0, 0.05) is 4.88 Å². The molecule has 0 bridgehead atoms. The van der Waals surface area contributed by atoms with Gasteiger partial charge in [-0.1, -0.05) is 24.3 Å². The van der Waals surface area contributed by atoms with E-state index in [0.29, 0.717) is 5.56 Å². The second-order valence-electron chi connectivity index (χ2n) is 4.71. The third kappa shape index (κ3) is 3.49. The van der Waals surface area contributed by atoms with Crippen LogP contribution >= 0.6 is 11.3 Å². The number of esters is 1. The molecule has 2 aromatic rings. The van der Waals surface area contributed by atoms with Gasteiger partial charge in [0.25, 0.3) is 0 Å². The van der Waals surface area contributed by atoms with Crippen LogP contribution in [0, 0.1) is 0 Å². The van der Waals surface area contributed by atoms with E-state index >= 15 is 0 Å². The zero-order valence-electron chi connectivity index (χ0n) is 11.8. The van der Waals surface area contributed by atoms with Crippen LogP contribution in [0.3, 0.4) is 0 Å². The predicted octanol–water partition coefficient (Wildman–Crippen LogP) is 3.32. The molecule has 0 fully saturated rings. The van der Waals surface area contributed by atoms with Crippen LogP contribution in [0.15, 0.2) is 35.7 Å². The fraction of sp³-hybridized carbons (Fsp3) is 0.250. The lowest BCUT2D eigenvalue weighted by Crippen LogP contribution is -2.10. The Labute approximate surface area is 127 Å². The van der Waals surface area contributed by atoms with E-state index in [1.54, 1.807) is 30.4 Å². The van der Waals surface area contributed by atoms with E-state index in [-0.39, 0.29) is 12.4 Å². The molecule has 4 nitrogen and oxygen atoms in total. The molecule has 0 aliphatic heterocycles. The van der Waals surface area contributed by atoms with Crippen molar-refractivity contribution < 1.29 is 19.4 Å². The molecule has 0 saturated heterocycles. The number of hydrogen-bond acceptors (Lipinski definition) is 4. The summed E-state index contributed by atoms with van der Waals surface area (Å²) in [5.41, 5.74) is 2.41. The molecule has 110 valence electrons. The number of carbonyl (C=O) groups excluding carboxylic acids is 1. The highest BCUT2D eigenvalue weighted by molar-refractivity contribution is 7.13. The first-order valence-electron chi connectivity index (χ1n) is 6.49. The highest BCUT2D eigenvalue weighted by atomic mass is 32.1. The van der Waals surface area contributed by atoms with Gasteiger partial charge in [0.15, 0.2) is 0 Å². The first-order valence-corrected chi connectivity index (χ1v) is 7.37. The van der Waals surface area contributed by atoms with Gasteiger partial charge in [0.1, 0.15) is 0 Å². The molecular weight excluding hydrogens is 288 g/mol. The summed E-state index contributed by atoms with van der Waals surface area (Å²) in [6, 6.07) is 9.37. The predicted molar refractivity (Wildman–Crippen MR) is 81.5 cm³/mol. The Morgan fingerprint density at radius 3 is 2.67 bits per heavy atom. The standard InChI is InChI=1S/C16H16O4S/c1-10(16(18)19)11-5-6-13(14-4-3-7-21-14)12(8-11)9-15(17)20-2/h3-8,10H,9H2,1-2H3,(H,18,19). The van der Waals surface area contributed by atoms with Crippen LogP contribution in [-0.2, 0) is 20.7 Å². The van der Waals surface area contributed by atoms with Gasteiger partial charge in [-0.15, -0.1) is 11.3 Å². The number of aliphatic carboxylic acids is 1. The maximum absolute atomic E-state index is 11.6. The molecular formula is C16H16O4S. The van der Waals surface area contributed by atoms with Gasteiger partial charge in [-0.2, -0.15) is 0 Å². The van der Waals surface area contributed by atoms with Crippen LogP contribution in [0.25, 0.3) is 10.4 Å². The third-order valence-corrected chi connectivity index (χ3v) is 4.25. The molecule has 0 spiro atoms. The Balaban J connectivity index is 2.46. The molecule has 2 rings (SSSR count). The van der Waals surface area contributed by atoms with Crippen molar-refractivity contribution in [1.82, 2.24) is 0 Å². The van der Waals surface area contributed by atoms with Crippen LogP contribution < -0.4 is 0 Å². The van der Waals surface area contributed by atoms with Crippen molar-refractivity contribution in [3.05, 3.63) is 46.8 Å². The lowest BCUT2D eigenvalue weighted by Gasteiger charge is -2.12. The van der Waals surface area contributed by atoms with E-state index in [2.05, 4.69) is 0 Å². The molecule has 1 N–H and O–H groups in total. The largest absolute Gasteiger partial charge is 0.481 e. The van der Waals surface area contributed by atoms with Crippen molar-refractivity contribution in [3.63, 3.8) is 0 Å². The van der Waals surface area contributed by atoms with Crippen LogP contribution in [0.4, 0.5) is 0 Å². The Bertz CT molecular complexity index is 646. The molecule has 0 aliphatic rings. The quantitative estimate of drug-likeness (QED) is 0.861. The van der Waals surface area contributed by atoms with Crippen molar-refractivity contribution in [2.45, 2.75) is 19.3 Å². The van der Waals surface area contributed by atoms with Crippen LogP contribution in [0.5, 0.6) is 0 Å². The average Bonchev–Trinajstić information content (AvgIpc) is 3.00. The molecule has 1 aromatic carbocycles. The highest BCUT2D eigenvalue weighted by Crippen LogP contribution is 2.31. The van der Waals surface area contributed by atoms with Crippen molar-refractivity contribution in [2.75, 3.05) is 7.11 Å². The molecule has 1 heterocycles. The highest BCUT2D eigenvalue weighted by Gasteiger charge is 2.17. The zero-order chi connectivity index (χ0) is 15.4. The number of methoxy groups -OCH3 is 1. The number of benzene rings is 1. The summed E-state index contributed by atoms with van der Waals surface area (Å²) in [7, 11) is 1.34. The fourth-order valence-electron chi connectivity index (χ4n) is 2.07. The normalized spacial score (nSPS) is 11.9. The van der Waals surface area contributed by atoms with Crippen molar-refractivity contribution in [3.8, 4) is 10.4 Å². The van der Waals surface area contributed by atoms with Gasteiger partial charge < -0.3 is 9.84 Å². The third-order valence-electron chi connectivity index (χ3n) is 3.35. The maximum atomic E-state index is 11.6. The SMILES string of the molecule is COC(=O)Cc1cc(C(C)C(=O)O)ccc1-c1cccs1. The van der Waals surface area contributed by atoms with Gasteiger partial charge in [-0.05, 0) is 35.1 Å². The Hall–Kier alpha value is -2.14. The van der Waals surface area contributed by atoms with E-state index in [9.17, 15) is 9.59 Å². The number of rotatable bonds is 5. The average molecular weight is 304 g/mol. The fourth-order valence-corrected chi connectivity index (χ4v) is 2.86. The van der Waals surface area contributed by atoms with Crippen molar-refractivity contribution >= 4 is 23.3 Å². The topological polar surface area (TPSA) is 63.6 Å². The molecule has 21 heavy (non-hydrogen) atoms. The number of thiophene rings is 1. The second-order valence-corrected chi connectivity index (χ2v) is 5.65. The van der Waals surface area contributed by atoms with E-state index < -0.39 is 11.9 Å². The summed E-state index contributed by atoms with van der Waals surface area (Å²) < 4.78 is 4.72. The molecule has 1 unspecified atom stereocenters. The van der Waals surface area contributed by atoms with Crippen LogP contribution in [-0.4, -0.2) is 24.2 Å². The Morgan fingerprint density at radius 2 is 2.10 bits per heavy atom. The molecule has 0 saturated carbocycles. The second kappa shape index (κ2) is 6.54. The number of carboxylic acid groups (broad SMARTS) is 1.